The summed E-state index contributed by atoms with van der Waals surface area (Å²) in [7, 11) is 0. The van der Waals surface area contributed by atoms with Crippen molar-refractivity contribution in [3.63, 3.8) is 0 Å². The first-order valence-electron chi connectivity index (χ1n) is 13.7. The second-order valence-electron chi connectivity index (χ2n) is 11.2. The van der Waals surface area contributed by atoms with Crippen molar-refractivity contribution in [1.29, 1.82) is 5.26 Å². The fourth-order valence-corrected chi connectivity index (χ4v) is 6.03. The number of hydrogen-bond donors (Lipinski definition) is 1. The van der Waals surface area contributed by atoms with E-state index in [4.69, 9.17) is 16.6 Å². The van der Waals surface area contributed by atoms with Crippen LogP contribution in [0.15, 0.2) is 60.3 Å². The third-order valence-electron chi connectivity index (χ3n) is 8.35. The number of carboxylic acid groups (broad SMARTS) is 1. The Balaban J connectivity index is 1.27. The molecule has 2 aliphatic rings. The van der Waals surface area contributed by atoms with Crippen molar-refractivity contribution in [2.24, 2.45) is 0 Å². The molecule has 39 heavy (non-hydrogen) atoms. The van der Waals surface area contributed by atoms with Crippen molar-refractivity contribution >= 4 is 23.1 Å². The van der Waals surface area contributed by atoms with E-state index in [-0.39, 0.29) is 0 Å². The van der Waals surface area contributed by atoms with Crippen LogP contribution < -0.4 is 0 Å². The summed E-state index contributed by atoms with van der Waals surface area (Å²) in [4.78, 5) is 19.0. The maximum atomic E-state index is 11.6. The number of benzene rings is 2. The average Bonchev–Trinajstić information content (AvgIpc) is 3.10. The molecule has 2 aromatic carbocycles. The topological polar surface area (TPSA) is 77.2 Å². The number of carboxylic acids is 1. The molecule has 200 valence electrons. The van der Waals surface area contributed by atoms with Gasteiger partial charge in [0.2, 0.25) is 0 Å². The van der Waals surface area contributed by atoms with E-state index in [1.807, 2.05) is 30.5 Å². The molecule has 2 heterocycles. The maximum absolute atomic E-state index is 11.6. The Morgan fingerprint density at radius 2 is 1.85 bits per heavy atom. The molecule has 0 spiro atoms. The zero-order valence-electron chi connectivity index (χ0n) is 22.6. The Labute approximate surface area is 235 Å². The minimum Gasteiger partial charge on any atom is -0.481 e. The number of piperidine rings is 1. The van der Waals surface area contributed by atoms with Gasteiger partial charge in [-0.1, -0.05) is 41.4 Å². The standard InChI is InChI=1S/C33H34ClN3O2/c1-33(2,32(38)39)27-10-9-22(26(19-27)21-35)6-4-16-37-17-13-23(14-18-37)30-29-12-11-28(34)20-25(29)8-7-24-5-3-15-36-31(24)30/h3,5,9-12,15,19-20H,4,6-8,13-14,16-18H2,1-2H3,(H,38,39). The van der Waals surface area contributed by atoms with Crippen molar-refractivity contribution < 1.29 is 9.90 Å². The summed E-state index contributed by atoms with van der Waals surface area (Å²) in [6, 6.07) is 18.3. The van der Waals surface area contributed by atoms with Crippen LogP contribution in [0, 0.1) is 11.3 Å². The van der Waals surface area contributed by atoms with Gasteiger partial charge in [0.25, 0.3) is 0 Å². The number of aliphatic carboxylic acids is 1. The highest BCUT2D eigenvalue weighted by Gasteiger charge is 2.30. The molecule has 1 aliphatic carbocycles. The van der Waals surface area contributed by atoms with Crippen LogP contribution >= 0.6 is 11.6 Å². The fraction of sp³-hybridized carbons (Fsp3) is 0.364. The van der Waals surface area contributed by atoms with E-state index >= 15 is 0 Å². The number of fused-ring (bicyclic) bond motifs is 2. The Kier molecular flexibility index (Phi) is 7.88. The molecule has 1 fully saturated rings. The van der Waals surface area contributed by atoms with Crippen molar-refractivity contribution in [3.8, 4) is 6.07 Å². The monoisotopic (exact) mass is 539 g/mol. The molecule has 1 saturated heterocycles. The first kappa shape index (κ1) is 27.1. The normalized spacial score (nSPS) is 15.7. The van der Waals surface area contributed by atoms with Gasteiger partial charge in [-0.05, 0) is 111 Å². The molecule has 0 radical (unpaired) electrons. The van der Waals surface area contributed by atoms with Gasteiger partial charge in [-0.15, -0.1) is 0 Å². The summed E-state index contributed by atoms with van der Waals surface area (Å²) in [6.07, 6.45) is 7.61. The number of aryl methyl sites for hydroxylation is 3. The highest BCUT2D eigenvalue weighted by atomic mass is 35.5. The Morgan fingerprint density at radius 1 is 1.08 bits per heavy atom. The van der Waals surface area contributed by atoms with E-state index in [1.165, 1.54) is 27.8 Å². The van der Waals surface area contributed by atoms with E-state index in [2.05, 4.69) is 29.2 Å². The van der Waals surface area contributed by atoms with Crippen LogP contribution in [0.25, 0.3) is 5.57 Å². The second-order valence-corrected chi connectivity index (χ2v) is 11.6. The quantitative estimate of drug-likeness (QED) is 0.382. The lowest BCUT2D eigenvalue weighted by Gasteiger charge is -2.30. The molecule has 0 unspecified atom stereocenters. The molecule has 5 nitrogen and oxygen atoms in total. The number of halogens is 1. The van der Waals surface area contributed by atoms with Gasteiger partial charge in [0.05, 0.1) is 22.7 Å². The Bertz CT molecular complexity index is 1470. The number of nitriles is 1. The first-order chi connectivity index (χ1) is 18.8. The highest BCUT2D eigenvalue weighted by Crippen LogP contribution is 2.38. The van der Waals surface area contributed by atoms with Gasteiger partial charge in [0.1, 0.15) is 0 Å². The predicted molar refractivity (Wildman–Crippen MR) is 155 cm³/mol. The van der Waals surface area contributed by atoms with Crippen molar-refractivity contribution in [3.05, 3.63) is 104 Å². The summed E-state index contributed by atoms with van der Waals surface area (Å²) >= 11 is 6.37. The van der Waals surface area contributed by atoms with Gasteiger partial charge in [0, 0.05) is 29.9 Å². The van der Waals surface area contributed by atoms with E-state index in [0.29, 0.717) is 11.1 Å². The summed E-state index contributed by atoms with van der Waals surface area (Å²) in [5.74, 6) is -0.894. The summed E-state index contributed by atoms with van der Waals surface area (Å²) in [5.41, 5.74) is 8.98. The number of pyridine rings is 1. The van der Waals surface area contributed by atoms with Gasteiger partial charge >= 0.3 is 5.97 Å². The summed E-state index contributed by atoms with van der Waals surface area (Å²) in [6.45, 7) is 6.31. The SMILES string of the molecule is CC(C)(C(=O)O)c1ccc(CCCN2CCC(=C3c4ccc(Cl)cc4CCc4cccnc43)CC2)c(C#N)c1. The molecule has 1 N–H and O–H groups in total. The number of hydrogen-bond acceptors (Lipinski definition) is 4. The van der Waals surface area contributed by atoms with Crippen LogP contribution in [0.2, 0.25) is 5.02 Å². The Morgan fingerprint density at radius 3 is 2.59 bits per heavy atom. The molecule has 0 bridgehead atoms. The van der Waals surface area contributed by atoms with Gasteiger partial charge in [-0.3, -0.25) is 9.78 Å². The van der Waals surface area contributed by atoms with E-state index in [1.54, 1.807) is 19.9 Å². The molecule has 6 heteroatoms. The number of likely N-dealkylation sites (tertiary alicyclic amines) is 1. The van der Waals surface area contributed by atoms with Crippen LogP contribution in [-0.2, 0) is 29.5 Å². The molecule has 0 amide bonds. The molecule has 1 aliphatic heterocycles. The largest absolute Gasteiger partial charge is 0.481 e. The molecule has 0 saturated carbocycles. The van der Waals surface area contributed by atoms with E-state index in [9.17, 15) is 15.2 Å². The molecule has 5 rings (SSSR count). The van der Waals surface area contributed by atoms with Gasteiger partial charge in [-0.25, -0.2) is 0 Å². The number of rotatable bonds is 6. The minimum atomic E-state index is -1.02. The van der Waals surface area contributed by atoms with Gasteiger partial charge < -0.3 is 10.0 Å². The van der Waals surface area contributed by atoms with Crippen LogP contribution in [0.1, 0.15) is 72.2 Å². The summed E-state index contributed by atoms with van der Waals surface area (Å²) < 4.78 is 0. The Hall–Kier alpha value is -3.46. The molecule has 1 aromatic heterocycles. The van der Waals surface area contributed by atoms with Crippen molar-refractivity contribution in [2.75, 3.05) is 19.6 Å². The van der Waals surface area contributed by atoms with Gasteiger partial charge in [-0.2, -0.15) is 5.26 Å². The van der Waals surface area contributed by atoms with Crippen LogP contribution in [0.3, 0.4) is 0 Å². The molecule has 3 aromatic rings. The lowest BCUT2D eigenvalue weighted by Crippen LogP contribution is -2.32. The zero-order valence-corrected chi connectivity index (χ0v) is 23.4. The lowest BCUT2D eigenvalue weighted by atomic mass is 9.83. The third-order valence-corrected chi connectivity index (χ3v) is 8.58. The molecular weight excluding hydrogens is 506 g/mol. The predicted octanol–water partition coefficient (Wildman–Crippen LogP) is 6.60. The number of aromatic nitrogens is 1. The van der Waals surface area contributed by atoms with Crippen LogP contribution in [0.4, 0.5) is 0 Å². The molecule has 0 atom stereocenters. The second kappa shape index (κ2) is 11.3. The third kappa shape index (κ3) is 5.64. The average molecular weight is 540 g/mol. The highest BCUT2D eigenvalue weighted by molar-refractivity contribution is 6.30. The van der Waals surface area contributed by atoms with Crippen molar-refractivity contribution in [2.45, 2.75) is 57.8 Å². The maximum Gasteiger partial charge on any atom is 0.313 e. The smallest absolute Gasteiger partial charge is 0.313 e. The lowest BCUT2D eigenvalue weighted by molar-refractivity contribution is -0.142. The van der Waals surface area contributed by atoms with E-state index in [0.717, 1.165) is 74.4 Å². The first-order valence-corrected chi connectivity index (χ1v) is 14.1. The van der Waals surface area contributed by atoms with Gasteiger partial charge in [0.15, 0.2) is 0 Å². The fourth-order valence-electron chi connectivity index (χ4n) is 5.83. The number of nitrogens with zero attached hydrogens (tertiary/aromatic N) is 3. The summed E-state index contributed by atoms with van der Waals surface area (Å²) in [5, 5.41) is 20.0. The van der Waals surface area contributed by atoms with Crippen LogP contribution in [0.5, 0.6) is 0 Å². The van der Waals surface area contributed by atoms with Crippen molar-refractivity contribution in [1.82, 2.24) is 9.88 Å². The zero-order chi connectivity index (χ0) is 27.6. The molecular formula is C33H34ClN3O2. The number of carbonyl (C=O) groups is 1. The van der Waals surface area contributed by atoms with E-state index < -0.39 is 11.4 Å². The van der Waals surface area contributed by atoms with Crippen LogP contribution in [-0.4, -0.2) is 40.6 Å². The minimum absolute atomic E-state index is 0.575.